The molecule has 0 unspecified atom stereocenters. The van der Waals surface area contributed by atoms with Gasteiger partial charge >= 0.3 is 0 Å². The minimum Gasteiger partial charge on any atom is -0.467 e. The molecule has 5 heteroatoms. The Kier molecular flexibility index (Phi) is 3.95. The summed E-state index contributed by atoms with van der Waals surface area (Å²) in [4.78, 5) is 0. The monoisotopic (exact) mass is 269 g/mol. The fourth-order valence-electron chi connectivity index (χ4n) is 1.74. The van der Waals surface area contributed by atoms with E-state index in [1.54, 1.807) is 6.07 Å². The van der Waals surface area contributed by atoms with Gasteiger partial charge in [0.25, 0.3) is 0 Å². The Morgan fingerprint density at radius 3 is 2.37 bits per heavy atom. The molecule has 2 nitrogen and oxygen atoms in total. The fraction of sp³-hybridized carbons (Fsp3) is 0.286. The van der Waals surface area contributed by atoms with Crippen molar-refractivity contribution >= 4 is 0 Å². The molecule has 1 aromatic carbocycles. The molecule has 0 aliphatic heterocycles. The second-order valence-electron chi connectivity index (χ2n) is 4.55. The Balaban J connectivity index is 2.34. The maximum atomic E-state index is 13.2. The smallest absolute Gasteiger partial charge is 0.194 e. The Bertz CT molecular complexity index is 555. The van der Waals surface area contributed by atoms with Crippen LogP contribution in [0.1, 0.15) is 19.6 Å². The van der Waals surface area contributed by atoms with Crippen molar-refractivity contribution in [3.05, 3.63) is 47.7 Å². The van der Waals surface area contributed by atoms with E-state index in [1.165, 1.54) is 6.26 Å². The van der Waals surface area contributed by atoms with Crippen molar-refractivity contribution in [2.75, 3.05) is 0 Å². The average Bonchev–Trinajstić information content (AvgIpc) is 2.81. The van der Waals surface area contributed by atoms with Gasteiger partial charge < -0.3 is 9.73 Å². The van der Waals surface area contributed by atoms with E-state index in [9.17, 15) is 13.2 Å². The lowest BCUT2D eigenvalue weighted by molar-refractivity contribution is 0.447. The molecule has 0 saturated carbocycles. The fourth-order valence-corrected chi connectivity index (χ4v) is 1.74. The molecule has 0 aliphatic rings. The SMILES string of the molecule is CC(C)NCc1occc1-c1cc(F)c(F)c(F)c1. The van der Waals surface area contributed by atoms with E-state index in [-0.39, 0.29) is 11.6 Å². The van der Waals surface area contributed by atoms with Gasteiger partial charge in [-0.1, -0.05) is 13.8 Å². The molecule has 0 fully saturated rings. The highest BCUT2D eigenvalue weighted by molar-refractivity contribution is 5.65. The molecule has 0 bridgehead atoms. The zero-order valence-corrected chi connectivity index (χ0v) is 10.6. The van der Waals surface area contributed by atoms with Crippen molar-refractivity contribution in [1.82, 2.24) is 5.32 Å². The highest BCUT2D eigenvalue weighted by atomic mass is 19.2. The largest absolute Gasteiger partial charge is 0.467 e. The molecule has 0 aliphatic carbocycles. The number of hydrogen-bond donors (Lipinski definition) is 1. The quantitative estimate of drug-likeness (QED) is 0.852. The van der Waals surface area contributed by atoms with Crippen LogP contribution >= 0.6 is 0 Å². The van der Waals surface area contributed by atoms with E-state index in [1.807, 2.05) is 13.8 Å². The first kappa shape index (κ1) is 13.7. The van der Waals surface area contributed by atoms with Crippen LogP contribution in [0.2, 0.25) is 0 Å². The van der Waals surface area contributed by atoms with Crippen molar-refractivity contribution < 1.29 is 17.6 Å². The number of rotatable bonds is 4. The van der Waals surface area contributed by atoms with Gasteiger partial charge in [0.1, 0.15) is 5.76 Å². The molecule has 2 rings (SSSR count). The maximum Gasteiger partial charge on any atom is 0.194 e. The van der Waals surface area contributed by atoms with E-state index in [4.69, 9.17) is 4.42 Å². The Hall–Kier alpha value is -1.75. The molecule has 0 radical (unpaired) electrons. The van der Waals surface area contributed by atoms with Crippen LogP contribution in [0.4, 0.5) is 13.2 Å². The predicted molar refractivity (Wildman–Crippen MR) is 66.0 cm³/mol. The van der Waals surface area contributed by atoms with Crippen LogP contribution in [-0.2, 0) is 6.54 Å². The minimum atomic E-state index is -1.46. The third-order valence-electron chi connectivity index (χ3n) is 2.71. The minimum absolute atomic E-state index is 0.250. The Labute approximate surface area is 109 Å². The molecule has 1 heterocycles. The molecular weight excluding hydrogens is 255 g/mol. The van der Waals surface area contributed by atoms with Gasteiger partial charge in [-0.25, -0.2) is 13.2 Å². The molecule has 0 atom stereocenters. The number of hydrogen-bond acceptors (Lipinski definition) is 2. The number of furan rings is 1. The summed E-state index contributed by atoms with van der Waals surface area (Å²) in [5.41, 5.74) is 0.802. The third-order valence-corrected chi connectivity index (χ3v) is 2.71. The maximum absolute atomic E-state index is 13.2. The normalized spacial score (nSPS) is 11.3. The van der Waals surface area contributed by atoms with Crippen LogP contribution in [0.25, 0.3) is 11.1 Å². The zero-order valence-electron chi connectivity index (χ0n) is 10.6. The van der Waals surface area contributed by atoms with Crippen LogP contribution < -0.4 is 5.32 Å². The van der Waals surface area contributed by atoms with Crippen LogP contribution in [0.15, 0.2) is 28.9 Å². The van der Waals surface area contributed by atoms with Crippen LogP contribution in [0.5, 0.6) is 0 Å². The van der Waals surface area contributed by atoms with E-state index in [0.717, 1.165) is 12.1 Å². The van der Waals surface area contributed by atoms with Crippen molar-refractivity contribution in [3.8, 4) is 11.1 Å². The van der Waals surface area contributed by atoms with E-state index < -0.39 is 17.5 Å². The first-order valence-electron chi connectivity index (χ1n) is 5.93. The Morgan fingerprint density at radius 2 is 1.79 bits per heavy atom. The van der Waals surface area contributed by atoms with Gasteiger partial charge in [-0.2, -0.15) is 0 Å². The number of benzene rings is 1. The average molecular weight is 269 g/mol. The van der Waals surface area contributed by atoms with Crippen molar-refractivity contribution in [3.63, 3.8) is 0 Å². The summed E-state index contributed by atoms with van der Waals surface area (Å²) in [6, 6.07) is 3.77. The topological polar surface area (TPSA) is 25.2 Å². The highest BCUT2D eigenvalue weighted by Gasteiger charge is 2.15. The van der Waals surface area contributed by atoms with Gasteiger partial charge in [-0.3, -0.25) is 0 Å². The summed E-state index contributed by atoms with van der Waals surface area (Å²) in [5.74, 6) is -3.33. The summed E-state index contributed by atoms with van der Waals surface area (Å²) in [7, 11) is 0. The van der Waals surface area contributed by atoms with E-state index in [2.05, 4.69) is 5.32 Å². The molecule has 102 valence electrons. The highest BCUT2D eigenvalue weighted by Crippen LogP contribution is 2.27. The first-order valence-corrected chi connectivity index (χ1v) is 5.93. The second kappa shape index (κ2) is 5.48. The molecule has 2 aromatic rings. The van der Waals surface area contributed by atoms with Gasteiger partial charge in [-0.05, 0) is 23.8 Å². The standard InChI is InChI=1S/C14H14F3NO/c1-8(2)18-7-13-10(3-4-19-13)9-5-11(15)14(17)12(16)6-9/h3-6,8,18H,7H2,1-2H3. The van der Waals surface area contributed by atoms with Crippen LogP contribution in [0.3, 0.4) is 0 Å². The van der Waals surface area contributed by atoms with E-state index >= 15 is 0 Å². The molecule has 0 amide bonds. The lowest BCUT2D eigenvalue weighted by Crippen LogP contribution is -2.21. The lowest BCUT2D eigenvalue weighted by Gasteiger charge is -2.08. The van der Waals surface area contributed by atoms with Crippen LogP contribution in [-0.4, -0.2) is 6.04 Å². The molecule has 0 spiro atoms. The third kappa shape index (κ3) is 2.98. The summed E-state index contributed by atoms with van der Waals surface area (Å²) in [6.07, 6.45) is 1.44. The van der Waals surface area contributed by atoms with Crippen molar-refractivity contribution in [2.24, 2.45) is 0 Å². The van der Waals surface area contributed by atoms with Gasteiger partial charge in [0.05, 0.1) is 12.8 Å². The van der Waals surface area contributed by atoms with Gasteiger partial charge in [0.15, 0.2) is 17.5 Å². The van der Waals surface area contributed by atoms with Gasteiger partial charge in [-0.15, -0.1) is 0 Å². The molecule has 1 aromatic heterocycles. The number of halogens is 3. The molecule has 1 N–H and O–H groups in total. The van der Waals surface area contributed by atoms with Gasteiger partial charge in [0.2, 0.25) is 0 Å². The predicted octanol–water partition coefficient (Wildman–Crippen LogP) is 3.86. The molecule has 19 heavy (non-hydrogen) atoms. The first-order chi connectivity index (χ1) is 8.99. The number of nitrogens with one attached hydrogen (secondary N) is 1. The summed E-state index contributed by atoms with van der Waals surface area (Å²) < 4.78 is 44.6. The summed E-state index contributed by atoms with van der Waals surface area (Å²) in [6.45, 7) is 4.38. The van der Waals surface area contributed by atoms with Gasteiger partial charge in [0, 0.05) is 11.6 Å². The lowest BCUT2D eigenvalue weighted by atomic mass is 10.1. The van der Waals surface area contributed by atoms with Crippen LogP contribution in [0, 0.1) is 17.5 Å². The van der Waals surface area contributed by atoms with Crippen molar-refractivity contribution in [2.45, 2.75) is 26.4 Å². The molecular formula is C14H14F3NO. The van der Waals surface area contributed by atoms with E-state index in [0.29, 0.717) is 17.9 Å². The second-order valence-corrected chi connectivity index (χ2v) is 4.55. The summed E-state index contributed by atoms with van der Waals surface area (Å²) >= 11 is 0. The summed E-state index contributed by atoms with van der Waals surface area (Å²) in [5, 5.41) is 3.14. The molecule has 0 saturated heterocycles. The van der Waals surface area contributed by atoms with Crippen molar-refractivity contribution in [1.29, 1.82) is 0 Å². The zero-order chi connectivity index (χ0) is 14.0. The Morgan fingerprint density at radius 1 is 1.16 bits per heavy atom.